The van der Waals surface area contributed by atoms with E-state index in [1.807, 2.05) is 4.90 Å². The topological polar surface area (TPSA) is 55.2 Å². The van der Waals surface area contributed by atoms with Crippen molar-refractivity contribution in [2.24, 2.45) is 11.3 Å². The highest BCUT2D eigenvalue weighted by molar-refractivity contribution is 5.93. The molecule has 2 saturated heterocycles. The zero-order chi connectivity index (χ0) is 16.3. The molecule has 1 aromatic rings. The Balaban J connectivity index is 1.73. The molecule has 0 N–H and O–H groups in total. The van der Waals surface area contributed by atoms with E-state index in [4.69, 9.17) is 13.9 Å². The lowest BCUT2D eigenvalue weighted by Crippen LogP contribution is -2.45. The van der Waals surface area contributed by atoms with Crippen LogP contribution in [0.15, 0.2) is 23.0 Å². The van der Waals surface area contributed by atoms with Crippen LogP contribution in [0.1, 0.15) is 17.3 Å². The van der Waals surface area contributed by atoms with Crippen LogP contribution in [0.4, 0.5) is 0 Å². The van der Waals surface area contributed by atoms with Gasteiger partial charge in [-0.2, -0.15) is 0 Å². The molecular weight excluding hydrogens is 296 g/mol. The average molecular weight is 322 g/mol. The van der Waals surface area contributed by atoms with Crippen molar-refractivity contribution in [1.29, 1.82) is 0 Å². The van der Waals surface area contributed by atoms with Crippen molar-refractivity contribution in [3.05, 3.63) is 24.2 Å². The Bertz CT molecular complexity index is 519. The fourth-order valence-corrected chi connectivity index (χ4v) is 3.73. The van der Waals surface area contributed by atoms with Crippen molar-refractivity contribution in [3.8, 4) is 0 Å². The smallest absolute Gasteiger partial charge is 0.257 e. The Morgan fingerprint density at radius 3 is 3.09 bits per heavy atom. The number of rotatable bonds is 4. The largest absolute Gasteiger partial charge is 0.472 e. The van der Waals surface area contributed by atoms with E-state index in [-0.39, 0.29) is 11.3 Å². The number of carbonyl (C=O) groups excluding carboxylic acids is 1. The number of ether oxygens (including phenoxy) is 2. The maximum Gasteiger partial charge on any atom is 0.257 e. The zero-order valence-corrected chi connectivity index (χ0v) is 14.0. The van der Waals surface area contributed by atoms with Gasteiger partial charge in [0.15, 0.2) is 0 Å². The first-order valence-corrected chi connectivity index (χ1v) is 8.25. The Labute approximate surface area is 137 Å². The first kappa shape index (κ1) is 16.5. The molecule has 1 amide bonds. The van der Waals surface area contributed by atoms with E-state index in [0.29, 0.717) is 31.2 Å². The number of methoxy groups -OCH3 is 1. The molecule has 3 rings (SSSR count). The molecule has 1 aromatic heterocycles. The van der Waals surface area contributed by atoms with Crippen LogP contribution in [0.3, 0.4) is 0 Å². The lowest BCUT2D eigenvalue weighted by molar-refractivity contribution is 0.0468. The zero-order valence-electron chi connectivity index (χ0n) is 14.0. The molecule has 128 valence electrons. The molecule has 2 atom stereocenters. The van der Waals surface area contributed by atoms with Gasteiger partial charge in [-0.15, -0.1) is 0 Å². The van der Waals surface area contributed by atoms with Crippen LogP contribution < -0.4 is 0 Å². The molecule has 0 unspecified atom stereocenters. The molecule has 0 aromatic carbocycles. The van der Waals surface area contributed by atoms with E-state index in [0.717, 1.165) is 32.8 Å². The summed E-state index contributed by atoms with van der Waals surface area (Å²) >= 11 is 0. The second-order valence-electron chi connectivity index (χ2n) is 6.78. The third kappa shape index (κ3) is 3.44. The highest BCUT2D eigenvalue weighted by Crippen LogP contribution is 2.38. The summed E-state index contributed by atoms with van der Waals surface area (Å²) in [6, 6.07) is 1.73. The second kappa shape index (κ2) is 7.03. The number of furan rings is 1. The lowest BCUT2D eigenvalue weighted by atomic mass is 9.79. The molecule has 3 heterocycles. The predicted molar refractivity (Wildman–Crippen MR) is 85.3 cm³/mol. The standard InChI is InChI=1S/C17H26N2O4/c1-14-9-18(4-7-21-2)11-17(14)12-19(5-8-23-13-17)16(20)15-3-6-22-10-15/h3,6,10,14H,4-5,7-9,11-13H2,1-2H3/t14-,17+/m1/s1. The van der Waals surface area contributed by atoms with Crippen LogP contribution in [0, 0.1) is 11.3 Å². The first-order valence-electron chi connectivity index (χ1n) is 8.25. The number of amides is 1. The SMILES string of the molecule is COCCN1C[C@@H](C)[C@@]2(COCCN(C(=O)c3ccoc3)C2)C1. The second-order valence-corrected chi connectivity index (χ2v) is 6.78. The minimum atomic E-state index is 0.00361. The number of nitrogens with zero attached hydrogens (tertiary/aromatic N) is 2. The maximum atomic E-state index is 12.7. The van der Waals surface area contributed by atoms with Gasteiger partial charge in [0.25, 0.3) is 5.91 Å². The van der Waals surface area contributed by atoms with Gasteiger partial charge in [0.2, 0.25) is 0 Å². The normalized spacial score (nSPS) is 29.1. The summed E-state index contributed by atoms with van der Waals surface area (Å²) in [6.07, 6.45) is 3.06. The molecule has 0 radical (unpaired) electrons. The third-order valence-electron chi connectivity index (χ3n) is 5.18. The molecule has 2 aliphatic rings. The molecule has 0 bridgehead atoms. The first-order chi connectivity index (χ1) is 11.1. The van der Waals surface area contributed by atoms with Crippen molar-refractivity contribution < 1.29 is 18.7 Å². The van der Waals surface area contributed by atoms with Crippen molar-refractivity contribution in [1.82, 2.24) is 9.80 Å². The molecular formula is C17H26N2O4. The Morgan fingerprint density at radius 2 is 2.35 bits per heavy atom. The van der Waals surface area contributed by atoms with E-state index < -0.39 is 0 Å². The summed E-state index contributed by atoms with van der Waals surface area (Å²) in [5.74, 6) is 0.517. The summed E-state index contributed by atoms with van der Waals surface area (Å²) in [5, 5.41) is 0. The van der Waals surface area contributed by atoms with Crippen LogP contribution in [0.2, 0.25) is 0 Å². The molecule has 1 spiro atoms. The average Bonchev–Trinajstić information content (AvgIpc) is 3.11. The van der Waals surface area contributed by atoms with Crippen LogP contribution in [-0.2, 0) is 9.47 Å². The predicted octanol–water partition coefficient (Wildman–Crippen LogP) is 1.34. The van der Waals surface area contributed by atoms with Crippen LogP contribution in [0.5, 0.6) is 0 Å². The van der Waals surface area contributed by atoms with Crippen molar-refractivity contribution >= 4 is 5.91 Å². The molecule has 2 fully saturated rings. The van der Waals surface area contributed by atoms with Gasteiger partial charge in [0, 0.05) is 45.2 Å². The number of likely N-dealkylation sites (tertiary alicyclic amines) is 1. The highest BCUT2D eigenvalue weighted by Gasteiger charge is 2.47. The summed E-state index contributed by atoms with van der Waals surface area (Å²) in [7, 11) is 1.73. The molecule has 2 aliphatic heterocycles. The van der Waals surface area contributed by atoms with Gasteiger partial charge in [0.1, 0.15) is 6.26 Å². The van der Waals surface area contributed by atoms with E-state index in [1.54, 1.807) is 19.4 Å². The van der Waals surface area contributed by atoms with E-state index in [9.17, 15) is 4.79 Å². The quantitative estimate of drug-likeness (QED) is 0.837. The summed E-state index contributed by atoms with van der Waals surface area (Å²) in [6.45, 7) is 8.59. The molecule has 6 nitrogen and oxygen atoms in total. The van der Waals surface area contributed by atoms with Crippen molar-refractivity contribution in [2.75, 3.05) is 59.7 Å². The van der Waals surface area contributed by atoms with E-state index in [1.165, 1.54) is 6.26 Å². The van der Waals surface area contributed by atoms with E-state index in [2.05, 4.69) is 11.8 Å². The van der Waals surface area contributed by atoms with Gasteiger partial charge in [-0.05, 0) is 12.0 Å². The Morgan fingerprint density at radius 1 is 1.48 bits per heavy atom. The Hall–Kier alpha value is -1.37. The number of hydrogen-bond donors (Lipinski definition) is 0. The highest BCUT2D eigenvalue weighted by atomic mass is 16.5. The minimum absolute atomic E-state index is 0.00361. The van der Waals surface area contributed by atoms with Gasteiger partial charge in [-0.1, -0.05) is 6.92 Å². The third-order valence-corrected chi connectivity index (χ3v) is 5.18. The fourth-order valence-electron chi connectivity index (χ4n) is 3.73. The van der Waals surface area contributed by atoms with Crippen molar-refractivity contribution in [3.63, 3.8) is 0 Å². The van der Waals surface area contributed by atoms with Gasteiger partial charge in [-0.3, -0.25) is 4.79 Å². The number of carbonyl (C=O) groups is 1. The lowest BCUT2D eigenvalue weighted by Gasteiger charge is -2.35. The van der Waals surface area contributed by atoms with Gasteiger partial charge in [-0.25, -0.2) is 0 Å². The van der Waals surface area contributed by atoms with Gasteiger partial charge < -0.3 is 23.7 Å². The fraction of sp³-hybridized carbons (Fsp3) is 0.706. The number of hydrogen-bond acceptors (Lipinski definition) is 5. The van der Waals surface area contributed by atoms with Crippen LogP contribution in [0.25, 0.3) is 0 Å². The minimum Gasteiger partial charge on any atom is -0.472 e. The Kier molecular flexibility index (Phi) is 5.04. The van der Waals surface area contributed by atoms with Gasteiger partial charge in [0.05, 0.1) is 31.6 Å². The molecule has 0 saturated carbocycles. The summed E-state index contributed by atoms with van der Waals surface area (Å²) in [5.41, 5.74) is 0.618. The van der Waals surface area contributed by atoms with Crippen molar-refractivity contribution in [2.45, 2.75) is 6.92 Å². The van der Waals surface area contributed by atoms with Crippen LogP contribution >= 0.6 is 0 Å². The molecule has 23 heavy (non-hydrogen) atoms. The van der Waals surface area contributed by atoms with Gasteiger partial charge >= 0.3 is 0 Å². The van der Waals surface area contributed by atoms with E-state index >= 15 is 0 Å². The molecule has 0 aliphatic carbocycles. The summed E-state index contributed by atoms with van der Waals surface area (Å²) < 4.78 is 16.1. The monoisotopic (exact) mass is 322 g/mol. The summed E-state index contributed by atoms with van der Waals surface area (Å²) in [4.78, 5) is 17.0. The molecule has 6 heteroatoms. The van der Waals surface area contributed by atoms with Crippen LogP contribution in [-0.4, -0.2) is 75.4 Å². The maximum absolute atomic E-state index is 12.7.